The van der Waals surface area contributed by atoms with Crippen LogP contribution in [0.15, 0.2) is 93.5 Å². The van der Waals surface area contributed by atoms with Crippen LogP contribution in [-0.4, -0.2) is 5.25 Å². The van der Waals surface area contributed by atoms with E-state index in [1.807, 2.05) is 0 Å². The molecule has 0 fully saturated rings. The summed E-state index contributed by atoms with van der Waals surface area (Å²) in [6.07, 6.45) is 27.1. The summed E-state index contributed by atoms with van der Waals surface area (Å²) >= 11 is 2.12. The van der Waals surface area contributed by atoms with Crippen LogP contribution in [-0.2, 0) is 0 Å². The third-order valence-electron chi connectivity index (χ3n) is 6.91. The fraction of sp³-hybridized carbons (Fsp3) is 0.407. The summed E-state index contributed by atoms with van der Waals surface area (Å²) in [6.45, 7) is 7.11. The van der Waals surface area contributed by atoms with Crippen molar-refractivity contribution in [1.29, 1.82) is 0 Å². The fourth-order valence-corrected chi connectivity index (χ4v) is 7.31. The molecule has 0 N–H and O–H groups in total. The molecule has 0 aromatic carbocycles. The van der Waals surface area contributed by atoms with E-state index in [0.717, 1.165) is 0 Å². The lowest BCUT2D eigenvalue weighted by molar-refractivity contribution is 0.580. The molecule has 0 aromatic rings. The van der Waals surface area contributed by atoms with Gasteiger partial charge in [-0.05, 0) is 65.2 Å². The Morgan fingerprint density at radius 2 is 1.86 bits per heavy atom. The smallest absolute Gasteiger partial charge is 0.0378 e. The minimum atomic E-state index is 0.582. The van der Waals surface area contributed by atoms with Crippen molar-refractivity contribution < 1.29 is 0 Å². The molecule has 0 saturated heterocycles. The van der Waals surface area contributed by atoms with Crippen LogP contribution in [0.4, 0.5) is 0 Å². The average molecular weight is 387 g/mol. The molecule has 0 nitrogen and oxygen atoms in total. The lowest BCUT2D eigenvalue weighted by atomic mass is 9.73. The lowest BCUT2D eigenvalue weighted by Crippen LogP contribution is -2.18. The van der Waals surface area contributed by atoms with E-state index >= 15 is 0 Å². The van der Waals surface area contributed by atoms with Crippen molar-refractivity contribution >= 4 is 11.8 Å². The first kappa shape index (κ1) is 18.3. The van der Waals surface area contributed by atoms with Gasteiger partial charge in [0.1, 0.15) is 0 Å². The standard InChI is InChI=1S/C27H30S/c1-17-8-6-9-20(14-17)26-18(2)15-21(16-19(26)3)22-11-7-12-24-23-10-4-5-13-25(23)28-27(22)24/h4-10,12-13,15,17,19,22-23,25H,11,14,16H2,1-3H3. The first-order chi connectivity index (χ1) is 13.6. The predicted molar refractivity (Wildman–Crippen MR) is 123 cm³/mol. The van der Waals surface area contributed by atoms with Crippen LogP contribution >= 0.6 is 11.8 Å². The normalized spacial score (nSPS) is 36.5. The molecule has 1 heterocycles. The molecule has 5 rings (SSSR count). The number of hydrogen-bond donors (Lipinski definition) is 0. The summed E-state index contributed by atoms with van der Waals surface area (Å²) in [5.41, 5.74) is 7.92. The number of allylic oxidation sites excluding steroid dienone is 15. The maximum Gasteiger partial charge on any atom is 0.0378 e. The Kier molecular flexibility index (Phi) is 4.75. The molecule has 144 valence electrons. The number of hydrogen-bond acceptors (Lipinski definition) is 1. The van der Waals surface area contributed by atoms with E-state index in [-0.39, 0.29) is 0 Å². The average Bonchev–Trinajstić information content (AvgIpc) is 3.06. The van der Waals surface area contributed by atoms with Crippen LogP contribution in [0, 0.1) is 23.7 Å². The van der Waals surface area contributed by atoms with Gasteiger partial charge in [-0.1, -0.05) is 80.2 Å². The Morgan fingerprint density at radius 1 is 1.00 bits per heavy atom. The van der Waals surface area contributed by atoms with Gasteiger partial charge < -0.3 is 0 Å². The molecule has 28 heavy (non-hydrogen) atoms. The molecule has 0 amide bonds. The van der Waals surface area contributed by atoms with E-state index in [2.05, 4.69) is 93.3 Å². The van der Waals surface area contributed by atoms with Gasteiger partial charge in [0.15, 0.2) is 0 Å². The summed E-state index contributed by atoms with van der Waals surface area (Å²) < 4.78 is 0. The van der Waals surface area contributed by atoms with Crippen molar-refractivity contribution in [1.82, 2.24) is 0 Å². The first-order valence-corrected chi connectivity index (χ1v) is 11.7. The quantitative estimate of drug-likeness (QED) is 0.474. The van der Waals surface area contributed by atoms with E-state index in [1.165, 1.54) is 24.8 Å². The molecular weight excluding hydrogens is 356 g/mol. The second kappa shape index (κ2) is 7.26. The van der Waals surface area contributed by atoms with Crippen LogP contribution < -0.4 is 0 Å². The molecular formula is C27H30S. The van der Waals surface area contributed by atoms with Crippen molar-refractivity contribution in [3.05, 3.63) is 93.5 Å². The zero-order chi connectivity index (χ0) is 19.3. The van der Waals surface area contributed by atoms with Crippen LogP contribution in [0.25, 0.3) is 0 Å². The Hall–Kier alpha value is -1.73. The summed E-state index contributed by atoms with van der Waals surface area (Å²) in [4.78, 5) is 1.65. The predicted octanol–water partition coefficient (Wildman–Crippen LogP) is 7.48. The Balaban J connectivity index is 1.48. The van der Waals surface area contributed by atoms with E-state index < -0.39 is 0 Å². The topological polar surface area (TPSA) is 0 Å². The number of fused-ring (bicyclic) bond motifs is 2. The van der Waals surface area contributed by atoms with Gasteiger partial charge in [-0.2, -0.15) is 0 Å². The maximum atomic E-state index is 2.54. The highest BCUT2D eigenvalue weighted by Gasteiger charge is 2.38. The highest BCUT2D eigenvalue weighted by Crippen LogP contribution is 2.54. The van der Waals surface area contributed by atoms with Gasteiger partial charge in [0.05, 0.1) is 0 Å². The van der Waals surface area contributed by atoms with Crippen molar-refractivity contribution in [3.8, 4) is 0 Å². The lowest BCUT2D eigenvalue weighted by Gasteiger charge is -2.33. The second-order valence-electron chi connectivity index (χ2n) is 9.07. The molecule has 0 saturated carbocycles. The van der Waals surface area contributed by atoms with Crippen LogP contribution in [0.3, 0.4) is 0 Å². The molecule has 0 aromatic heterocycles. The Labute approximate surface area is 174 Å². The van der Waals surface area contributed by atoms with Gasteiger partial charge in [0.25, 0.3) is 0 Å². The van der Waals surface area contributed by atoms with Gasteiger partial charge in [-0.3, -0.25) is 0 Å². The van der Waals surface area contributed by atoms with Crippen molar-refractivity contribution in [2.75, 3.05) is 0 Å². The summed E-state index contributed by atoms with van der Waals surface area (Å²) in [6, 6.07) is 0. The monoisotopic (exact) mass is 386 g/mol. The van der Waals surface area contributed by atoms with E-state index in [4.69, 9.17) is 0 Å². The Bertz CT molecular complexity index is 927. The fourth-order valence-electron chi connectivity index (χ4n) is 5.71. The summed E-state index contributed by atoms with van der Waals surface area (Å²) in [7, 11) is 0. The zero-order valence-corrected chi connectivity index (χ0v) is 18.0. The van der Waals surface area contributed by atoms with E-state index in [1.54, 1.807) is 27.2 Å². The van der Waals surface area contributed by atoms with Gasteiger partial charge in [0, 0.05) is 17.1 Å². The third-order valence-corrected chi connectivity index (χ3v) is 8.41. The van der Waals surface area contributed by atoms with Gasteiger partial charge in [0.2, 0.25) is 0 Å². The zero-order valence-electron chi connectivity index (χ0n) is 17.2. The maximum absolute atomic E-state index is 2.54. The minimum Gasteiger partial charge on any atom is -0.121 e. The van der Waals surface area contributed by atoms with Crippen molar-refractivity contribution in [3.63, 3.8) is 0 Å². The highest BCUT2D eigenvalue weighted by atomic mass is 32.2. The van der Waals surface area contributed by atoms with Crippen LogP contribution in [0.2, 0.25) is 0 Å². The first-order valence-electron chi connectivity index (χ1n) is 10.8. The molecule has 0 spiro atoms. The summed E-state index contributed by atoms with van der Waals surface area (Å²) in [5.74, 6) is 2.45. The molecule has 0 radical (unpaired) electrons. The molecule has 5 aliphatic rings. The van der Waals surface area contributed by atoms with Crippen molar-refractivity contribution in [2.24, 2.45) is 23.7 Å². The van der Waals surface area contributed by atoms with Gasteiger partial charge >= 0.3 is 0 Å². The molecule has 4 aliphatic carbocycles. The number of thioether (sulfide) groups is 1. The molecule has 1 aliphatic heterocycles. The van der Waals surface area contributed by atoms with Crippen LogP contribution in [0.5, 0.6) is 0 Å². The van der Waals surface area contributed by atoms with Crippen LogP contribution in [0.1, 0.15) is 40.0 Å². The van der Waals surface area contributed by atoms with Gasteiger partial charge in [-0.15, -0.1) is 11.8 Å². The molecule has 1 heteroatoms. The highest BCUT2D eigenvalue weighted by molar-refractivity contribution is 8.04. The number of rotatable bonds is 2. The Morgan fingerprint density at radius 3 is 2.68 bits per heavy atom. The summed E-state index contributed by atoms with van der Waals surface area (Å²) in [5, 5.41) is 0.606. The molecule has 5 unspecified atom stereocenters. The third kappa shape index (κ3) is 3.08. The van der Waals surface area contributed by atoms with E-state index in [9.17, 15) is 0 Å². The molecule has 5 atom stereocenters. The largest absolute Gasteiger partial charge is 0.121 e. The second-order valence-corrected chi connectivity index (χ2v) is 10.3. The van der Waals surface area contributed by atoms with E-state index in [0.29, 0.717) is 28.9 Å². The van der Waals surface area contributed by atoms with Crippen molar-refractivity contribution in [2.45, 2.75) is 45.3 Å². The SMILES string of the molecule is CC1=C(C2=CC=CC(C)C2)C(C)CC(C2CC=CC3=C2SC2C=CC=CC32)=C1. The molecule has 0 bridgehead atoms. The van der Waals surface area contributed by atoms with Gasteiger partial charge in [-0.25, -0.2) is 0 Å². The minimum absolute atomic E-state index is 0.582.